The van der Waals surface area contributed by atoms with Gasteiger partial charge in [-0.25, -0.2) is 4.79 Å². The topological polar surface area (TPSA) is 50.4 Å². The Bertz CT molecular complexity index is 631. The molecular weight excluding hydrogens is 288 g/mol. The largest absolute Gasteiger partial charge is 0.497 e. The fraction of sp³-hybridized carbons (Fsp3) is 0.188. The third kappa shape index (κ3) is 3.89. The van der Waals surface area contributed by atoms with Gasteiger partial charge in [0.25, 0.3) is 0 Å². The Labute approximate surface area is 129 Å². The first kappa shape index (κ1) is 15.2. The number of amides is 2. The molecule has 0 saturated heterocycles. The van der Waals surface area contributed by atoms with Crippen molar-refractivity contribution in [1.82, 2.24) is 0 Å². The molecule has 0 atom stereocenters. The van der Waals surface area contributed by atoms with E-state index in [-0.39, 0.29) is 6.03 Å². The van der Waals surface area contributed by atoms with Gasteiger partial charge in [-0.2, -0.15) is 0 Å². The zero-order valence-electron chi connectivity index (χ0n) is 12.2. The maximum atomic E-state index is 12.0. The van der Waals surface area contributed by atoms with Crippen molar-refractivity contribution >= 4 is 29.0 Å². The Hall–Kier alpha value is -2.20. The summed E-state index contributed by atoms with van der Waals surface area (Å²) < 4.78 is 5.07. The van der Waals surface area contributed by atoms with Crippen LogP contribution < -0.4 is 15.4 Å². The summed E-state index contributed by atoms with van der Waals surface area (Å²) in [6.45, 7) is 3.86. The second kappa shape index (κ2) is 6.50. The van der Waals surface area contributed by atoms with E-state index in [4.69, 9.17) is 16.3 Å². The fourth-order valence-corrected chi connectivity index (χ4v) is 2.39. The lowest BCUT2D eigenvalue weighted by molar-refractivity contribution is 0.262. The average molecular weight is 305 g/mol. The zero-order chi connectivity index (χ0) is 15.4. The van der Waals surface area contributed by atoms with Gasteiger partial charge in [0.2, 0.25) is 0 Å². The number of carbonyl (C=O) groups is 1. The Morgan fingerprint density at radius 1 is 1.10 bits per heavy atom. The van der Waals surface area contributed by atoms with E-state index in [1.807, 2.05) is 26.0 Å². The molecule has 2 aromatic rings. The summed E-state index contributed by atoms with van der Waals surface area (Å²) in [6, 6.07) is 10.5. The minimum atomic E-state index is -0.339. The predicted octanol–water partition coefficient (Wildman–Crippen LogP) is 4.61. The molecule has 0 fully saturated rings. The van der Waals surface area contributed by atoms with Gasteiger partial charge in [0, 0.05) is 5.69 Å². The molecule has 21 heavy (non-hydrogen) atoms. The van der Waals surface area contributed by atoms with Crippen LogP contribution in [0.15, 0.2) is 36.4 Å². The number of nitrogens with one attached hydrogen (secondary N) is 2. The molecule has 2 amide bonds. The Balaban J connectivity index is 2.08. The molecule has 0 saturated carbocycles. The number of hydrogen-bond donors (Lipinski definition) is 2. The average Bonchev–Trinajstić information content (AvgIpc) is 2.43. The molecule has 5 heteroatoms. The van der Waals surface area contributed by atoms with E-state index >= 15 is 0 Å². The maximum Gasteiger partial charge on any atom is 0.323 e. The summed E-state index contributed by atoms with van der Waals surface area (Å²) in [6.07, 6.45) is 0. The number of rotatable bonds is 3. The predicted molar refractivity (Wildman–Crippen MR) is 86.6 cm³/mol. The van der Waals surface area contributed by atoms with Gasteiger partial charge in [0.1, 0.15) is 5.75 Å². The number of aryl methyl sites for hydroxylation is 2. The van der Waals surface area contributed by atoms with E-state index in [2.05, 4.69) is 10.6 Å². The molecule has 0 unspecified atom stereocenters. The second-order valence-electron chi connectivity index (χ2n) is 4.75. The van der Waals surface area contributed by atoms with Gasteiger partial charge in [-0.05, 0) is 55.3 Å². The van der Waals surface area contributed by atoms with Gasteiger partial charge in [-0.1, -0.05) is 17.7 Å². The van der Waals surface area contributed by atoms with Crippen molar-refractivity contribution in [3.05, 3.63) is 52.5 Å². The van der Waals surface area contributed by atoms with Gasteiger partial charge in [0.05, 0.1) is 17.8 Å². The molecule has 0 radical (unpaired) electrons. The fourth-order valence-electron chi connectivity index (χ4n) is 2.02. The molecule has 0 aliphatic carbocycles. The number of anilines is 2. The zero-order valence-corrected chi connectivity index (χ0v) is 12.9. The van der Waals surface area contributed by atoms with Crippen LogP contribution in [0.25, 0.3) is 0 Å². The summed E-state index contributed by atoms with van der Waals surface area (Å²) in [5.74, 6) is 0.735. The highest BCUT2D eigenvalue weighted by Crippen LogP contribution is 2.27. The first-order chi connectivity index (χ1) is 9.99. The van der Waals surface area contributed by atoms with Crippen molar-refractivity contribution in [2.24, 2.45) is 0 Å². The molecule has 4 nitrogen and oxygen atoms in total. The molecule has 0 aliphatic rings. The number of ether oxygens (including phenoxy) is 1. The number of urea groups is 1. The summed E-state index contributed by atoms with van der Waals surface area (Å²) in [5.41, 5.74) is 3.27. The third-order valence-electron chi connectivity index (χ3n) is 3.02. The van der Waals surface area contributed by atoms with Crippen LogP contribution in [0.5, 0.6) is 5.75 Å². The van der Waals surface area contributed by atoms with E-state index in [9.17, 15) is 4.79 Å². The summed E-state index contributed by atoms with van der Waals surface area (Å²) >= 11 is 6.16. The Morgan fingerprint density at radius 3 is 2.33 bits per heavy atom. The first-order valence-corrected chi connectivity index (χ1v) is 6.86. The van der Waals surface area contributed by atoms with Gasteiger partial charge in [-0.15, -0.1) is 0 Å². The van der Waals surface area contributed by atoms with Crippen LogP contribution in [-0.2, 0) is 0 Å². The van der Waals surface area contributed by atoms with E-state index in [0.29, 0.717) is 16.4 Å². The molecule has 0 aromatic heterocycles. The summed E-state index contributed by atoms with van der Waals surface area (Å²) in [4.78, 5) is 12.0. The van der Waals surface area contributed by atoms with Crippen molar-refractivity contribution in [1.29, 1.82) is 0 Å². The van der Waals surface area contributed by atoms with Crippen LogP contribution in [-0.4, -0.2) is 13.1 Å². The lowest BCUT2D eigenvalue weighted by Gasteiger charge is -2.12. The SMILES string of the molecule is COc1ccc(NC(=O)Nc2c(C)cc(C)cc2Cl)cc1. The minimum Gasteiger partial charge on any atom is -0.497 e. The Kier molecular flexibility index (Phi) is 4.70. The molecule has 0 heterocycles. The molecule has 0 aliphatic heterocycles. The minimum absolute atomic E-state index is 0.339. The second-order valence-corrected chi connectivity index (χ2v) is 5.15. The van der Waals surface area contributed by atoms with E-state index in [0.717, 1.165) is 16.9 Å². The van der Waals surface area contributed by atoms with Gasteiger partial charge >= 0.3 is 6.03 Å². The number of hydrogen-bond acceptors (Lipinski definition) is 2. The third-order valence-corrected chi connectivity index (χ3v) is 3.32. The van der Waals surface area contributed by atoms with Crippen LogP contribution in [0.3, 0.4) is 0 Å². The highest BCUT2D eigenvalue weighted by Gasteiger charge is 2.09. The van der Waals surface area contributed by atoms with E-state index in [1.165, 1.54) is 0 Å². The number of carbonyl (C=O) groups excluding carboxylic acids is 1. The van der Waals surface area contributed by atoms with Crippen LogP contribution >= 0.6 is 11.6 Å². The maximum absolute atomic E-state index is 12.0. The normalized spacial score (nSPS) is 10.1. The molecule has 2 aromatic carbocycles. The van der Waals surface area contributed by atoms with Crippen LogP contribution in [0.2, 0.25) is 5.02 Å². The van der Waals surface area contributed by atoms with Crippen molar-refractivity contribution in [3.63, 3.8) is 0 Å². The summed E-state index contributed by atoms with van der Waals surface area (Å²) in [7, 11) is 1.59. The highest BCUT2D eigenvalue weighted by atomic mass is 35.5. The monoisotopic (exact) mass is 304 g/mol. The number of benzene rings is 2. The van der Waals surface area contributed by atoms with Crippen LogP contribution in [0, 0.1) is 13.8 Å². The number of halogens is 1. The molecule has 0 spiro atoms. The van der Waals surface area contributed by atoms with Crippen molar-refractivity contribution in [3.8, 4) is 5.75 Å². The Morgan fingerprint density at radius 2 is 1.76 bits per heavy atom. The molecule has 2 rings (SSSR count). The quantitative estimate of drug-likeness (QED) is 0.870. The van der Waals surface area contributed by atoms with Gasteiger partial charge in [0.15, 0.2) is 0 Å². The first-order valence-electron chi connectivity index (χ1n) is 6.48. The van der Waals surface area contributed by atoms with Gasteiger partial charge in [-0.3, -0.25) is 0 Å². The van der Waals surface area contributed by atoms with Crippen LogP contribution in [0.4, 0.5) is 16.2 Å². The van der Waals surface area contributed by atoms with E-state index < -0.39 is 0 Å². The van der Waals surface area contributed by atoms with Crippen molar-refractivity contribution in [2.75, 3.05) is 17.7 Å². The molecule has 0 bridgehead atoms. The highest BCUT2D eigenvalue weighted by molar-refractivity contribution is 6.34. The molecular formula is C16H17ClN2O2. The molecule has 2 N–H and O–H groups in total. The van der Waals surface area contributed by atoms with E-state index in [1.54, 1.807) is 31.4 Å². The number of methoxy groups -OCH3 is 1. The molecule has 110 valence electrons. The summed E-state index contributed by atoms with van der Waals surface area (Å²) in [5, 5.41) is 6.04. The standard InChI is InChI=1S/C16H17ClN2O2/c1-10-8-11(2)15(14(17)9-10)19-16(20)18-12-4-6-13(21-3)7-5-12/h4-9H,1-3H3,(H2,18,19,20). The smallest absolute Gasteiger partial charge is 0.323 e. The van der Waals surface area contributed by atoms with Crippen molar-refractivity contribution < 1.29 is 9.53 Å². The lowest BCUT2D eigenvalue weighted by Crippen LogP contribution is -2.20. The van der Waals surface area contributed by atoms with Crippen LogP contribution in [0.1, 0.15) is 11.1 Å². The van der Waals surface area contributed by atoms with Crippen molar-refractivity contribution in [2.45, 2.75) is 13.8 Å². The lowest BCUT2D eigenvalue weighted by atomic mass is 10.1. The van der Waals surface area contributed by atoms with Gasteiger partial charge < -0.3 is 15.4 Å².